The zero-order valence-corrected chi connectivity index (χ0v) is 12.6. The molecule has 116 valence electrons. The molecule has 0 N–H and O–H groups in total. The van der Waals surface area contributed by atoms with E-state index in [0.29, 0.717) is 18.8 Å². The third-order valence-corrected chi connectivity index (χ3v) is 5.17. The molecule has 0 radical (unpaired) electrons. The number of likely N-dealkylation sites (tertiary alicyclic amines) is 1. The second-order valence-corrected chi connectivity index (χ2v) is 6.67. The Balaban J connectivity index is 1.55. The zero-order valence-electron chi connectivity index (χ0n) is 12.6. The topological polar surface area (TPSA) is 53.5 Å². The van der Waals surface area contributed by atoms with Crippen LogP contribution < -0.4 is 4.90 Å². The van der Waals surface area contributed by atoms with Gasteiger partial charge >= 0.3 is 0 Å². The normalized spacial score (nSPS) is 27.9. The minimum absolute atomic E-state index is 0.119. The lowest BCUT2D eigenvalue weighted by Crippen LogP contribution is -2.53. The van der Waals surface area contributed by atoms with Gasteiger partial charge in [0.25, 0.3) is 0 Å². The average molecular weight is 299 g/mol. The first-order chi connectivity index (χ1) is 10.7. The number of carbonyl (C=O) groups excluding carboxylic acids is 2. The molecular formula is C17H21N3O2. The fraction of sp³-hybridized carbons (Fsp3) is 0.588. The SMILES string of the molecule is O=C(CC1CC1)N1CC[C@H]2[C@@H]1CCC(=O)N2c1cccnc1. The molecule has 2 atom stereocenters. The molecule has 3 fully saturated rings. The van der Waals surface area contributed by atoms with Crippen LogP contribution in [-0.2, 0) is 9.59 Å². The van der Waals surface area contributed by atoms with Crippen molar-refractivity contribution in [3.05, 3.63) is 24.5 Å². The van der Waals surface area contributed by atoms with Crippen LogP contribution in [0.25, 0.3) is 0 Å². The van der Waals surface area contributed by atoms with Gasteiger partial charge in [-0.05, 0) is 43.7 Å². The number of pyridine rings is 1. The van der Waals surface area contributed by atoms with Crippen molar-refractivity contribution in [1.82, 2.24) is 9.88 Å². The second kappa shape index (κ2) is 5.38. The third kappa shape index (κ3) is 2.38. The molecule has 1 aliphatic carbocycles. The number of piperidine rings is 1. The molecule has 2 saturated heterocycles. The predicted octanol–water partition coefficient (Wildman–Crippen LogP) is 1.98. The molecule has 3 heterocycles. The smallest absolute Gasteiger partial charge is 0.227 e. The Labute approximate surface area is 130 Å². The van der Waals surface area contributed by atoms with E-state index in [1.807, 2.05) is 21.9 Å². The van der Waals surface area contributed by atoms with Gasteiger partial charge in [0, 0.05) is 25.6 Å². The summed E-state index contributed by atoms with van der Waals surface area (Å²) in [7, 11) is 0. The van der Waals surface area contributed by atoms with Crippen molar-refractivity contribution in [2.45, 2.75) is 50.6 Å². The molecule has 1 aromatic rings. The molecule has 0 spiro atoms. The molecule has 2 amide bonds. The predicted molar refractivity (Wildman–Crippen MR) is 82.2 cm³/mol. The summed E-state index contributed by atoms with van der Waals surface area (Å²) in [4.78, 5) is 32.9. The molecule has 0 aromatic carbocycles. The lowest BCUT2D eigenvalue weighted by molar-refractivity contribution is -0.134. The van der Waals surface area contributed by atoms with Gasteiger partial charge in [-0.25, -0.2) is 0 Å². The van der Waals surface area contributed by atoms with Crippen molar-refractivity contribution < 1.29 is 9.59 Å². The van der Waals surface area contributed by atoms with Crippen LogP contribution in [0, 0.1) is 5.92 Å². The Hall–Kier alpha value is -1.91. The number of rotatable bonds is 3. The first-order valence-electron chi connectivity index (χ1n) is 8.25. The Bertz CT molecular complexity index is 585. The van der Waals surface area contributed by atoms with Crippen LogP contribution >= 0.6 is 0 Å². The molecule has 1 saturated carbocycles. The summed E-state index contributed by atoms with van der Waals surface area (Å²) in [6, 6.07) is 4.09. The third-order valence-electron chi connectivity index (χ3n) is 5.17. The Morgan fingerprint density at radius 2 is 2.09 bits per heavy atom. The van der Waals surface area contributed by atoms with Crippen molar-refractivity contribution in [1.29, 1.82) is 0 Å². The molecular weight excluding hydrogens is 278 g/mol. The summed E-state index contributed by atoms with van der Waals surface area (Å²) in [6.45, 7) is 0.783. The maximum Gasteiger partial charge on any atom is 0.227 e. The lowest BCUT2D eigenvalue weighted by Gasteiger charge is -2.39. The van der Waals surface area contributed by atoms with Crippen molar-refractivity contribution in [3.63, 3.8) is 0 Å². The van der Waals surface area contributed by atoms with Gasteiger partial charge in [0.05, 0.1) is 24.0 Å². The van der Waals surface area contributed by atoms with Crippen molar-refractivity contribution in [2.24, 2.45) is 5.92 Å². The van der Waals surface area contributed by atoms with Crippen molar-refractivity contribution in [2.75, 3.05) is 11.4 Å². The number of aromatic nitrogens is 1. The van der Waals surface area contributed by atoms with Crippen LogP contribution in [0.2, 0.25) is 0 Å². The molecule has 4 rings (SSSR count). The molecule has 5 nitrogen and oxygen atoms in total. The molecule has 2 aliphatic heterocycles. The van der Waals surface area contributed by atoms with Crippen LogP contribution in [-0.4, -0.2) is 40.3 Å². The van der Waals surface area contributed by atoms with Crippen LogP contribution in [0.4, 0.5) is 5.69 Å². The number of anilines is 1. The van der Waals surface area contributed by atoms with Gasteiger partial charge in [-0.15, -0.1) is 0 Å². The Morgan fingerprint density at radius 1 is 1.23 bits per heavy atom. The Morgan fingerprint density at radius 3 is 2.82 bits per heavy atom. The molecule has 5 heteroatoms. The highest BCUT2D eigenvalue weighted by Gasteiger charge is 2.45. The van der Waals surface area contributed by atoms with Gasteiger partial charge in [-0.2, -0.15) is 0 Å². The van der Waals surface area contributed by atoms with E-state index < -0.39 is 0 Å². The van der Waals surface area contributed by atoms with Gasteiger partial charge < -0.3 is 9.80 Å². The van der Waals surface area contributed by atoms with Crippen LogP contribution in [0.15, 0.2) is 24.5 Å². The van der Waals surface area contributed by atoms with E-state index in [2.05, 4.69) is 4.98 Å². The lowest BCUT2D eigenvalue weighted by atomic mass is 9.95. The highest BCUT2D eigenvalue weighted by atomic mass is 16.2. The number of nitrogens with zero attached hydrogens (tertiary/aromatic N) is 3. The summed E-state index contributed by atoms with van der Waals surface area (Å²) < 4.78 is 0. The Kier molecular flexibility index (Phi) is 3.36. The molecule has 0 unspecified atom stereocenters. The minimum atomic E-state index is 0.119. The fourth-order valence-electron chi connectivity index (χ4n) is 3.89. The van der Waals surface area contributed by atoms with Crippen LogP contribution in [0.5, 0.6) is 0 Å². The molecule has 0 bridgehead atoms. The van der Waals surface area contributed by atoms with E-state index in [4.69, 9.17) is 0 Å². The van der Waals surface area contributed by atoms with Crippen LogP contribution in [0.3, 0.4) is 0 Å². The van der Waals surface area contributed by atoms with Gasteiger partial charge in [0.1, 0.15) is 0 Å². The second-order valence-electron chi connectivity index (χ2n) is 6.67. The van der Waals surface area contributed by atoms with E-state index in [0.717, 1.165) is 25.1 Å². The summed E-state index contributed by atoms with van der Waals surface area (Å²) in [5.41, 5.74) is 0.860. The van der Waals surface area contributed by atoms with Crippen LogP contribution in [0.1, 0.15) is 38.5 Å². The number of amides is 2. The van der Waals surface area contributed by atoms with E-state index >= 15 is 0 Å². The standard InChI is InChI=1S/C17H21N3O2/c21-16-6-5-14-15(20(16)13-2-1-8-18-11-13)7-9-19(14)17(22)10-12-3-4-12/h1-2,8,11-12,14-15H,3-7,9-10H2/t14-,15-/m0/s1. The van der Waals surface area contributed by atoms with Gasteiger partial charge in [0.15, 0.2) is 0 Å². The maximum atomic E-state index is 12.5. The largest absolute Gasteiger partial charge is 0.338 e. The summed E-state index contributed by atoms with van der Waals surface area (Å²) in [5.74, 6) is 1.06. The maximum absolute atomic E-state index is 12.5. The highest BCUT2D eigenvalue weighted by molar-refractivity contribution is 5.95. The number of hydrogen-bond donors (Lipinski definition) is 0. The fourth-order valence-corrected chi connectivity index (χ4v) is 3.89. The number of fused-ring (bicyclic) bond motifs is 1. The first-order valence-corrected chi connectivity index (χ1v) is 8.25. The minimum Gasteiger partial charge on any atom is -0.338 e. The van der Waals surface area contributed by atoms with E-state index in [1.54, 1.807) is 12.4 Å². The molecule has 1 aromatic heterocycles. The average Bonchev–Trinajstić information content (AvgIpc) is 3.24. The quantitative estimate of drug-likeness (QED) is 0.857. The molecule has 3 aliphatic rings. The van der Waals surface area contributed by atoms with E-state index in [-0.39, 0.29) is 23.9 Å². The van der Waals surface area contributed by atoms with Crippen molar-refractivity contribution in [3.8, 4) is 0 Å². The van der Waals surface area contributed by atoms with Crippen molar-refractivity contribution >= 4 is 17.5 Å². The van der Waals surface area contributed by atoms with E-state index in [1.165, 1.54) is 12.8 Å². The number of carbonyl (C=O) groups is 2. The van der Waals surface area contributed by atoms with Gasteiger partial charge in [-0.3, -0.25) is 14.6 Å². The summed E-state index contributed by atoms with van der Waals surface area (Å²) in [6.07, 6.45) is 8.76. The number of hydrogen-bond acceptors (Lipinski definition) is 3. The monoisotopic (exact) mass is 299 g/mol. The van der Waals surface area contributed by atoms with Gasteiger partial charge in [-0.1, -0.05) is 0 Å². The van der Waals surface area contributed by atoms with E-state index in [9.17, 15) is 9.59 Å². The first kappa shape index (κ1) is 13.7. The summed E-state index contributed by atoms with van der Waals surface area (Å²) >= 11 is 0. The highest BCUT2D eigenvalue weighted by Crippen LogP contribution is 2.37. The van der Waals surface area contributed by atoms with Gasteiger partial charge in [0.2, 0.25) is 11.8 Å². The molecule has 22 heavy (non-hydrogen) atoms. The summed E-state index contributed by atoms with van der Waals surface area (Å²) in [5, 5.41) is 0. The zero-order chi connectivity index (χ0) is 15.1.